The van der Waals surface area contributed by atoms with Crippen LogP contribution in [0.25, 0.3) is 0 Å². The molecule has 8 heteroatoms. The van der Waals surface area contributed by atoms with Crippen molar-refractivity contribution in [1.82, 2.24) is 15.1 Å². The fourth-order valence-electron chi connectivity index (χ4n) is 7.70. The number of anilines is 1. The molecule has 1 saturated carbocycles. The summed E-state index contributed by atoms with van der Waals surface area (Å²) in [5.74, 6) is -1.62. The number of rotatable bonds is 11. The van der Waals surface area contributed by atoms with Crippen LogP contribution in [0.4, 0.5) is 5.69 Å². The second-order valence-electron chi connectivity index (χ2n) is 13.4. The van der Waals surface area contributed by atoms with Crippen molar-refractivity contribution in [1.29, 1.82) is 0 Å². The molecule has 2 saturated heterocycles. The maximum absolute atomic E-state index is 14.3. The largest absolute Gasteiger partial charge is 0.359 e. The lowest BCUT2D eigenvalue weighted by molar-refractivity contribution is -0.141. The predicted molar refractivity (Wildman–Crippen MR) is 171 cm³/mol. The van der Waals surface area contributed by atoms with Gasteiger partial charge in [0.15, 0.2) is 0 Å². The number of carbonyl (C=O) groups excluding carboxylic acids is 3. The molecule has 44 heavy (non-hydrogen) atoms. The molecule has 5 atom stereocenters. The van der Waals surface area contributed by atoms with Crippen LogP contribution in [0.2, 0.25) is 0 Å². The van der Waals surface area contributed by atoms with Crippen molar-refractivity contribution >= 4 is 23.4 Å². The minimum atomic E-state index is -1.14. The molecule has 2 N–H and O–H groups in total. The third-order valence-corrected chi connectivity index (χ3v) is 9.96. The Balaban J connectivity index is 1.20. The second-order valence-corrected chi connectivity index (χ2v) is 13.4. The summed E-state index contributed by atoms with van der Waals surface area (Å²) in [5, 5.41) is 6.31. The normalized spacial score (nSPS) is 27.8. The number of likely N-dealkylation sites (tertiary alicyclic amines) is 1. The molecule has 1 aliphatic carbocycles. The topological polar surface area (TPSA) is 91.0 Å². The molecule has 0 aromatic heterocycles. The molecule has 6 rings (SSSR count). The van der Waals surface area contributed by atoms with Gasteiger partial charge in [0, 0.05) is 24.8 Å². The van der Waals surface area contributed by atoms with Gasteiger partial charge in [0.1, 0.15) is 11.6 Å². The minimum absolute atomic E-state index is 0.108. The first-order valence-electron chi connectivity index (χ1n) is 16.4. The maximum Gasteiger partial charge on any atom is 0.246 e. The maximum atomic E-state index is 14.3. The summed E-state index contributed by atoms with van der Waals surface area (Å²) in [5.41, 5.74) is 1.97. The number of carbonyl (C=O) groups is 3. The smallest absolute Gasteiger partial charge is 0.246 e. The van der Waals surface area contributed by atoms with Gasteiger partial charge in [0.05, 0.1) is 17.9 Å². The van der Waals surface area contributed by atoms with Crippen LogP contribution in [0.1, 0.15) is 69.4 Å². The number of fused-ring (bicyclic) bond motifs is 1. The average molecular weight is 599 g/mol. The minimum Gasteiger partial charge on any atom is -0.359 e. The Bertz CT molecular complexity index is 1370. The van der Waals surface area contributed by atoms with Crippen LogP contribution >= 0.6 is 0 Å². The molecule has 8 nitrogen and oxygen atoms in total. The Morgan fingerprint density at radius 3 is 2.45 bits per heavy atom. The molecule has 3 heterocycles. The Morgan fingerprint density at radius 2 is 1.75 bits per heavy atom. The Hall–Kier alpha value is -3.49. The van der Waals surface area contributed by atoms with Crippen LogP contribution in [0.5, 0.6) is 0 Å². The molecule has 3 amide bonds. The van der Waals surface area contributed by atoms with Crippen molar-refractivity contribution in [3.05, 3.63) is 77.9 Å². The van der Waals surface area contributed by atoms with E-state index in [0.717, 1.165) is 38.8 Å². The summed E-state index contributed by atoms with van der Waals surface area (Å²) < 4.78 is 6.53. The fraction of sp³-hybridized carbons (Fsp3) is 0.528. The number of hydrogen-bond acceptors (Lipinski definition) is 5. The number of nitrogens with one attached hydrogen (secondary N) is 2. The van der Waals surface area contributed by atoms with Crippen molar-refractivity contribution in [2.24, 2.45) is 11.8 Å². The highest BCUT2D eigenvalue weighted by Gasteiger charge is 2.72. The van der Waals surface area contributed by atoms with Gasteiger partial charge in [-0.25, -0.2) is 0 Å². The van der Waals surface area contributed by atoms with E-state index in [4.69, 9.17) is 4.74 Å². The Kier molecular flexibility index (Phi) is 8.92. The highest BCUT2D eigenvalue weighted by molar-refractivity contribution is 6.02. The molecule has 2 aromatic rings. The second kappa shape index (κ2) is 12.9. The molecule has 3 aliphatic heterocycles. The van der Waals surface area contributed by atoms with Gasteiger partial charge >= 0.3 is 0 Å². The molecular formula is C36H46N4O4. The number of hydrogen-bond donors (Lipinski definition) is 2. The first-order valence-corrected chi connectivity index (χ1v) is 16.4. The van der Waals surface area contributed by atoms with Crippen LogP contribution in [0.3, 0.4) is 0 Å². The Labute approximate surface area is 261 Å². The zero-order chi connectivity index (χ0) is 30.8. The quantitative estimate of drug-likeness (QED) is 0.360. The van der Waals surface area contributed by atoms with Crippen LogP contribution in [0, 0.1) is 11.8 Å². The summed E-state index contributed by atoms with van der Waals surface area (Å²) >= 11 is 0. The van der Waals surface area contributed by atoms with Gasteiger partial charge in [0.25, 0.3) is 0 Å². The number of ether oxygens (including phenoxy) is 1. The third-order valence-electron chi connectivity index (χ3n) is 9.96. The lowest BCUT2D eigenvalue weighted by Gasteiger charge is -2.34. The van der Waals surface area contributed by atoms with Gasteiger partial charge in [0.2, 0.25) is 17.7 Å². The van der Waals surface area contributed by atoms with Gasteiger partial charge in [-0.1, -0.05) is 87.7 Å². The van der Waals surface area contributed by atoms with Crippen molar-refractivity contribution in [2.45, 2.75) is 88.6 Å². The van der Waals surface area contributed by atoms with Gasteiger partial charge in [-0.15, -0.1) is 0 Å². The summed E-state index contributed by atoms with van der Waals surface area (Å²) in [4.78, 5) is 46.1. The van der Waals surface area contributed by atoms with E-state index in [2.05, 4.69) is 48.6 Å². The zero-order valence-corrected chi connectivity index (χ0v) is 26.2. The van der Waals surface area contributed by atoms with Crippen LogP contribution in [-0.2, 0) is 25.7 Å². The van der Waals surface area contributed by atoms with E-state index in [1.165, 1.54) is 17.5 Å². The monoisotopic (exact) mass is 598 g/mol. The first-order chi connectivity index (χ1) is 21.3. The number of nitrogens with zero attached hydrogens (tertiary/aromatic N) is 2. The van der Waals surface area contributed by atoms with Crippen molar-refractivity contribution in [3.63, 3.8) is 0 Å². The Morgan fingerprint density at radius 1 is 1.02 bits per heavy atom. The third kappa shape index (κ3) is 5.94. The molecule has 0 unspecified atom stereocenters. The van der Waals surface area contributed by atoms with E-state index in [1.54, 1.807) is 4.90 Å². The van der Waals surface area contributed by atoms with Crippen molar-refractivity contribution in [2.75, 3.05) is 25.5 Å². The molecule has 2 aromatic carbocycles. The molecule has 2 bridgehead atoms. The van der Waals surface area contributed by atoms with Gasteiger partial charge in [-0.3, -0.25) is 14.4 Å². The molecule has 1 spiro atoms. The van der Waals surface area contributed by atoms with Crippen molar-refractivity contribution < 1.29 is 19.1 Å². The standard InChI is InChI=1S/C36H46N4O4/c1-24(2)26-15-17-28(18-16-26)37-33(41)30-29-19-20-36(44-29)31(30)35(43)40(32(36)34(42)38-27-13-8-5-9-14-27)22-10-21-39(3)23-25-11-6-4-7-12-25/h4,6-7,11-12,15-20,24,27,29-32H,5,8-10,13-14,21-23H2,1-3H3,(H,37,41)(H,38,42)/t29-,30+,31-,32+,36-/m0/s1. The highest BCUT2D eigenvalue weighted by atomic mass is 16.5. The first kappa shape index (κ1) is 30.5. The molecule has 3 fully saturated rings. The lowest BCUT2D eigenvalue weighted by atomic mass is 9.74. The van der Waals surface area contributed by atoms with Crippen LogP contribution < -0.4 is 10.6 Å². The molecular weight excluding hydrogens is 552 g/mol. The van der Waals surface area contributed by atoms with Crippen LogP contribution in [-0.4, -0.2) is 71.4 Å². The average Bonchev–Trinajstić information content (AvgIpc) is 3.66. The summed E-state index contributed by atoms with van der Waals surface area (Å²) in [6, 6.07) is 17.4. The van der Waals surface area contributed by atoms with E-state index in [9.17, 15) is 14.4 Å². The number of amides is 3. The van der Waals surface area contributed by atoms with Crippen LogP contribution in [0.15, 0.2) is 66.7 Å². The zero-order valence-electron chi connectivity index (χ0n) is 26.2. The van der Waals surface area contributed by atoms with E-state index < -0.39 is 29.6 Å². The lowest BCUT2D eigenvalue weighted by Crippen LogP contribution is -2.56. The van der Waals surface area contributed by atoms with E-state index in [-0.39, 0.29) is 23.8 Å². The van der Waals surface area contributed by atoms with E-state index in [0.29, 0.717) is 24.6 Å². The SMILES string of the molecule is CC(C)c1ccc(NC(=O)[C@@H]2[C@@H]3C=C[C@]4(O3)[C@@H]2C(=O)N(CCCN(C)Cc2ccccc2)[C@@H]4C(=O)NC2CCCCC2)cc1. The van der Waals surface area contributed by atoms with Crippen molar-refractivity contribution in [3.8, 4) is 0 Å². The predicted octanol–water partition coefficient (Wildman–Crippen LogP) is 4.87. The summed E-state index contributed by atoms with van der Waals surface area (Å²) in [6.07, 6.45) is 9.23. The fourth-order valence-corrected chi connectivity index (χ4v) is 7.70. The molecule has 0 radical (unpaired) electrons. The number of benzene rings is 2. The molecule has 4 aliphatic rings. The highest BCUT2D eigenvalue weighted by Crippen LogP contribution is 2.55. The van der Waals surface area contributed by atoms with Gasteiger partial charge in [-0.05, 0) is 62.0 Å². The van der Waals surface area contributed by atoms with Gasteiger partial charge in [-0.2, -0.15) is 0 Å². The summed E-state index contributed by atoms with van der Waals surface area (Å²) in [6.45, 7) is 6.26. The molecule has 234 valence electrons. The summed E-state index contributed by atoms with van der Waals surface area (Å²) in [7, 11) is 2.07. The van der Waals surface area contributed by atoms with Gasteiger partial charge < -0.3 is 25.2 Å². The van der Waals surface area contributed by atoms with E-state index >= 15 is 0 Å². The van der Waals surface area contributed by atoms with E-state index in [1.807, 2.05) is 54.6 Å².